The second-order valence-corrected chi connectivity index (χ2v) is 5.06. The monoisotopic (exact) mass is 276 g/mol. The molecule has 0 aliphatic rings. The Morgan fingerprint density at radius 3 is 2.89 bits per heavy atom. The first-order valence-electron chi connectivity index (χ1n) is 5.30. The number of fused-ring (bicyclic) bond motifs is 1. The van der Waals surface area contributed by atoms with Gasteiger partial charge in [-0.2, -0.15) is 4.37 Å². The van der Waals surface area contributed by atoms with Gasteiger partial charge in [-0.3, -0.25) is 0 Å². The molecule has 3 aromatic rings. The minimum Gasteiger partial charge on any atom is -0.456 e. The molecule has 0 aliphatic heterocycles. The molecule has 18 heavy (non-hydrogen) atoms. The number of ether oxygens (including phenoxy) is 1. The Kier molecular flexibility index (Phi) is 2.81. The molecule has 3 nitrogen and oxygen atoms in total. The summed E-state index contributed by atoms with van der Waals surface area (Å²) in [7, 11) is 0. The summed E-state index contributed by atoms with van der Waals surface area (Å²) >= 11 is 7.50. The third-order valence-electron chi connectivity index (χ3n) is 2.51. The molecule has 5 heteroatoms. The number of halogens is 1. The third-order valence-corrected chi connectivity index (χ3v) is 3.57. The number of benzene rings is 2. The van der Waals surface area contributed by atoms with Crippen LogP contribution in [0.5, 0.6) is 11.5 Å². The lowest BCUT2D eigenvalue weighted by Crippen LogP contribution is -1.88. The molecule has 2 aromatic carbocycles. The van der Waals surface area contributed by atoms with Crippen molar-refractivity contribution < 1.29 is 4.74 Å². The zero-order chi connectivity index (χ0) is 12.5. The fourth-order valence-electron chi connectivity index (χ4n) is 1.63. The molecule has 3 rings (SSSR count). The minimum absolute atomic E-state index is 0.499. The lowest BCUT2D eigenvalue weighted by molar-refractivity contribution is 0.484. The van der Waals surface area contributed by atoms with E-state index < -0.39 is 0 Å². The van der Waals surface area contributed by atoms with Crippen molar-refractivity contribution in [2.45, 2.75) is 0 Å². The quantitative estimate of drug-likeness (QED) is 0.709. The zero-order valence-corrected chi connectivity index (χ0v) is 10.8. The first-order chi connectivity index (χ1) is 8.72. The van der Waals surface area contributed by atoms with E-state index in [4.69, 9.17) is 22.1 Å². The Labute approximate surface area is 113 Å². The molecule has 0 bridgehead atoms. The molecule has 0 saturated heterocycles. The van der Waals surface area contributed by atoms with Crippen LogP contribution in [0.2, 0.25) is 5.02 Å². The molecule has 0 spiro atoms. The molecule has 1 heterocycles. The van der Waals surface area contributed by atoms with Crippen LogP contribution in [0.1, 0.15) is 0 Å². The maximum atomic E-state index is 6.06. The maximum absolute atomic E-state index is 6.06. The number of hydrogen-bond donors (Lipinski definition) is 1. The fourth-order valence-corrected chi connectivity index (χ4v) is 2.53. The SMILES string of the molecule is Nc1ccc(Oc2ccc3cnsc3c2)c(Cl)c1. The number of aromatic nitrogens is 1. The first kappa shape index (κ1) is 11.3. The van der Waals surface area contributed by atoms with Gasteiger partial charge in [-0.1, -0.05) is 11.6 Å². The van der Waals surface area contributed by atoms with Gasteiger partial charge in [0.05, 0.1) is 9.72 Å². The highest BCUT2D eigenvalue weighted by Gasteiger charge is 2.05. The van der Waals surface area contributed by atoms with Crippen LogP contribution in [0.3, 0.4) is 0 Å². The van der Waals surface area contributed by atoms with Crippen molar-refractivity contribution in [3.05, 3.63) is 47.6 Å². The van der Waals surface area contributed by atoms with Crippen LogP contribution in [-0.2, 0) is 0 Å². The van der Waals surface area contributed by atoms with Crippen molar-refractivity contribution in [2.24, 2.45) is 0 Å². The van der Waals surface area contributed by atoms with E-state index in [-0.39, 0.29) is 0 Å². The lowest BCUT2D eigenvalue weighted by atomic mass is 10.2. The molecule has 0 unspecified atom stereocenters. The highest BCUT2D eigenvalue weighted by molar-refractivity contribution is 7.13. The van der Waals surface area contributed by atoms with Crippen LogP contribution in [0.15, 0.2) is 42.6 Å². The molecular formula is C13H9ClN2OS. The molecule has 2 N–H and O–H groups in total. The summed E-state index contributed by atoms with van der Waals surface area (Å²) < 4.78 is 10.9. The average molecular weight is 277 g/mol. The zero-order valence-electron chi connectivity index (χ0n) is 9.26. The standard InChI is InChI=1S/C13H9ClN2OS/c14-11-5-9(15)2-4-12(11)17-10-3-1-8-7-16-18-13(8)6-10/h1-7H,15H2. The van der Waals surface area contributed by atoms with Crippen molar-refractivity contribution in [2.75, 3.05) is 5.73 Å². The van der Waals surface area contributed by atoms with Crippen molar-refractivity contribution in [3.63, 3.8) is 0 Å². The Balaban J connectivity index is 1.95. The molecule has 0 radical (unpaired) electrons. The Hall–Kier alpha value is -1.78. The normalized spacial score (nSPS) is 10.7. The van der Waals surface area contributed by atoms with Gasteiger partial charge in [-0.25, -0.2) is 0 Å². The van der Waals surface area contributed by atoms with Gasteiger partial charge in [-0.05, 0) is 41.9 Å². The number of nitrogens with two attached hydrogens (primary N) is 1. The van der Waals surface area contributed by atoms with Crippen LogP contribution >= 0.6 is 23.1 Å². The summed E-state index contributed by atoms with van der Waals surface area (Å²) in [4.78, 5) is 0. The third kappa shape index (κ3) is 2.12. The van der Waals surface area contributed by atoms with E-state index in [0.29, 0.717) is 16.5 Å². The highest BCUT2D eigenvalue weighted by atomic mass is 35.5. The average Bonchev–Trinajstić information content (AvgIpc) is 2.80. The summed E-state index contributed by atoms with van der Waals surface area (Å²) in [6, 6.07) is 11.0. The van der Waals surface area contributed by atoms with Crippen LogP contribution in [-0.4, -0.2) is 4.37 Å². The van der Waals surface area contributed by atoms with E-state index in [0.717, 1.165) is 15.8 Å². The van der Waals surface area contributed by atoms with Crippen molar-refractivity contribution in [1.29, 1.82) is 0 Å². The lowest BCUT2D eigenvalue weighted by Gasteiger charge is -2.07. The van der Waals surface area contributed by atoms with Crippen molar-refractivity contribution in [3.8, 4) is 11.5 Å². The number of nitrogens with zero attached hydrogens (tertiary/aromatic N) is 1. The van der Waals surface area contributed by atoms with Crippen molar-refractivity contribution in [1.82, 2.24) is 4.37 Å². The summed E-state index contributed by atoms with van der Waals surface area (Å²) in [6.07, 6.45) is 1.83. The van der Waals surface area contributed by atoms with Gasteiger partial charge in [0.1, 0.15) is 11.5 Å². The van der Waals surface area contributed by atoms with Crippen LogP contribution in [0.25, 0.3) is 10.1 Å². The molecule has 0 atom stereocenters. The topological polar surface area (TPSA) is 48.1 Å². The van der Waals surface area contributed by atoms with E-state index >= 15 is 0 Å². The second-order valence-electron chi connectivity index (χ2n) is 3.82. The maximum Gasteiger partial charge on any atom is 0.146 e. The van der Waals surface area contributed by atoms with E-state index in [9.17, 15) is 0 Å². The smallest absolute Gasteiger partial charge is 0.146 e. The molecule has 0 aliphatic carbocycles. The first-order valence-corrected chi connectivity index (χ1v) is 6.45. The summed E-state index contributed by atoms with van der Waals surface area (Å²) in [5, 5.41) is 1.61. The van der Waals surface area contributed by atoms with Gasteiger partial charge in [0.15, 0.2) is 0 Å². The minimum atomic E-state index is 0.499. The van der Waals surface area contributed by atoms with Gasteiger partial charge < -0.3 is 10.5 Å². The summed E-state index contributed by atoms with van der Waals surface area (Å²) in [6.45, 7) is 0. The number of rotatable bonds is 2. The van der Waals surface area contributed by atoms with Crippen LogP contribution in [0, 0.1) is 0 Å². The predicted octanol–water partition coefficient (Wildman–Crippen LogP) is 4.32. The Bertz CT molecular complexity index is 711. The van der Waals surface area contributed by atoms with Gasteiger partial charge in [-0.15, -0.1) is 0 Å². The van der Waals surface area contributed by atoms with Gasteiger partial charge in [0.25, 0.3) is 0 Å². The highest BCUT2D eigenvalue weighted by Crippen LogP contribution is 2.32. The van der Waals surface area contributed by atoms with Crippen LogP contribution in [0.4, 0.5) is 5.69 Å². The van der Waals surface area contributed by atoms with Crippen molar-refractivity contribution >= 4 is 38.9 Å². The summed E-state index contributed by atoms with van der Waals surface area (Å²) in [5.41, 5.74) is 6.25. The number of anilines is 1. The van der Waals surface area contributed by atoms with Gasteiger partial charge in [0.2, 0.25) is 0 Å². The number of hydrogen-bond acceptors (Lipinski definition) is 4. The largest absolute Gasteiger partial charge is 0.456 e. The second kappa shape index (κ2) is 4.48. The van der Waals surface area contributed by atoms with E-state index in [1.807, 2.05) is 24.4 Å². The van der Waals surface area contributed by atoms with E-state index in [2.05, 4.69) is 4.37 Å². The van der Waals surface area contributed by atoms with E-state index in [1.165, 1.54) is 11.5 Å². The van der Waals surface area contributed by atoms with Gasteiger partial charge in [0, 0.05) is 23.3 Å². The van der Waals surface area contributed by atoms with Crippen LogP contribution < -0.4 is 10.5 Å². The summed E-state index contributed by atoms with van der Waals surface area (Å²) in [5.74, 6) is 1.33. The molecule has 0 saturated carbocycles. The number of nitrogen functional groups attached to an aromatic ring is 1. The van der Waals surface area contributed by atoms with E-state index in [1.54, 1.807) is 18.2 Å². The molecule has 0 fully saturated rings. The Morgan fingerprint density at radius 2 is 2.06 bits per heavy atom. The molecule has 90 valence electrons. The predicted molar refractivity (Wildman–Crippen MR) is 75.6 cm³/mol. The molecule has 1 aromatic heterocycles. The fraction of sp³-hybridized carbons (Fsp3) is 0. The molecular weight excluding hydrogens is 268 g/mol. The molecule has 0 amide bonds. The Morgan fingerprint density at radius 1 is 1.17 bits per heavy atom. The van der Waals surface area contributed by atoms with Gasteiger partial charge >= 0.3 is 0 Å².